The van der Waals surface area contributed by atoms with E-state index in [1.54, 1.807) is 0 Å². The van der Waals surface area contributed by atoms with Crippen molar-refractivity contribution in [2.24, 2.45) is 17.6 Å². The summed E-state index contributed by atoms with van der Waals surface area (Å²) in [5.74, 6) is 0.155. The zero-order valence-corrected chi connectivity index (χ0v) is 10.9. The van der Waals surface area contributed by atoms with Gasteiger partial charge in [0.2, 0.25) is 0 Å². The summed E-state index contributed by atoms with van der Waals surface area (Å²) in [7, 11) is 0. The van der Waals surface area contributed by atoms with Gasteiger partial charge >= 0.3 is 0 Å². The van der Waals surface area contributed by atoms with Crippen LogP contribution in [0.25, 0.3) is 0 Å². The van der Waals surface area contributed by atoms with Gasteiger partial charge in [0.05, 0.1) is 11.8 Å². The molecule has 1 aliphatic carbocycles. The highest BCUT2D eigenvalue weighted by molar-refractivity contribution is 5.93. The number of carbonyl (C=O) groups excluding carboxylic acids is 1. The van der Waals surface area contributed by atoms with Gasteiger partial charge in [-0.15, -0.1) is 0 Å². The number of hydrogen-bond donors (Lipinski definition) is 2. The number of amides is 1. The third-order valence-electron chi connectivity index (χ3n) is 3.86. The van der Waals surface area contributed by atoms with E-state index < -0.39 is 5.82 Å². The molecule has 3 N–H and O–H groups in total. The first-order chi connectivity index (χ1) is 9.20. The Morgan fingerprint density at radius 1 is 1.37 bits per heavy atom. The van der Waals surface area contributed by atoms with Crippen molar-refractivity contribution in [1.29, 1.82) is 0 Å². The number of rotatable bonds is 4. The first-order valence-corrected chi connectivity index (χ1v) is 6.79. The van der Waals surface area contributed by atoms with E-state index in [4.69, 9.17) is 5.73 Å². The number of nitrogens with two attached hydrogens (primary N) is 1. The lowest BCUT2D eigenvalue weighted by molar-refractivity contribution is 0.0934. The van der Waals surface area contributed by atoms with E-state index in [1.807, 2.05) is 0 Å². The van der Waals surface area contributed by atoms with Crippen LogP contribution in [0.4, 0.5) is 4.39 Å². The van der Waals surface area contributed by atoms with E-state index in [9.17, 15) is 9.18 Å². The molecule has 0 radical (unpaired) electrons. The molecule has 1 fully saturated rings. The van der Waals surface area contributed by atoms with Crippen LogP contribution in [0.2, 0.25) is 0 Å². The Balaban J connectivity index is 1.89. The number of carbonyl (C=O) groups is 1. The van der Waals surface area contributed by atoms with Crippen LogP contribution >= 0.6 is 0 Å². The minimum absolute atomic E-state index is 0.264. The van der Waals surface area contributed by atoms with Crippen LogP contribution in [0.3, 0.4) is 0 Å². The van der Waals surface area contributed by atoms with Crippen molar-refractivity contribution in [3.05, 3.63) is 29.8 Å². The summed E-state index contributed by atoms with van der Waals surface area (Å²) < 4.78 is 13.0. The maximum atomic E-state index is 13.0. The molecular formula is C14H20FN3O. The lowest BCUT2D eigenvalue weighted by atomic mass is 9.79. The molecule has 2 rings (SSSR count). The maximum Gasteiger partial charge on any atom is 0.252 e. The summed E-state index contributed by atoms with van der Waals surface area (Å²) in [5.41, 5.74) is 6.02. The number of nitrogens with zero attached hydrogens (tertiary/aromatic N) is 1. The van der Waals surface area contributed by atoms with Crippen LogP contribution in [-0.4, -0.2) is 24.0 Å². The Hall–Kier alpha value is -1.49. The number of halogens is 1. The summed E-state index contributed by atoms with van der Waals surface area (Å²) in [4.78, 5) is 15.6. The van der Waals surface area contributed by atoms with Crippen LogP contribution in [-0.2, 0) is 0 Å². The zero-order chi connectivity index (χ0) is 13.7. The van der Waals surface area contributed by atoms with Gasteiger partial charge in [-0.2, -0.15) is 0 Å². The largest absolute Gasteiger partial charge is 0.352 e. The van der Waals surface area contributed by atoms with Crippen LogP contribution in [0.1, 0.15) is 36.0 Å². The fourth-order valence-corrected chi connectivity index (χ4v) is 2.73. The van der Waals surface area contributed by atoms with Crippen molar-refractivity contribution in [2.45, 2.75) is 25.7 Å². The van der Waals surface area contributed by atoms with E-state index in [0.717, 1.165) is 19.0 Å². The first kappa shape index (κ1) is 13.9. The first-order valence-electron chi connectivity index (χ1n) is 6.79. The minimum atomic E-state index is -0.495. The predicted octanol–water partition coefficient (Wildman–Crippen LogP) is 1.72. The van der Waals surface area contributed by atoms with E-state index >= 15 is 0 Å². The molecule has 0 spiro atoms. The molecule has 2 atom stereocenters. The SMILES string of the molecule is NCC1CCCCC1CNC(=O)c1cncc(F)c1. The van der Waals surface area contributed by atoms with Gasteiger partial charge in [0, 0.05) is 12.7 Å². The average Bonchev–Trinajstić information content (AvgIpc) is 2.45. The summed E-state index contributed by atoms with van der Waals surface area (Å²) in [6.07, 6.45) is 7.11. The highest BCUT2D eigenvalue weighted by Gasteiger charge is 2.24. The topological polar surface area (TPSA) is 68.0 Å². The molecule has 0 saturated heterocycles. The quantitative estimate of drug-likeness (QED) is 0.871. The zero-order valence-electron chi connectivity index (χ0n) is 10.9. The lowest BCUT2D eigenvalue weighted by Gasteiger charge is -2.30. The van der Waals surface area contributed by atoms with Crippen LogP contribution < -0.4 is 11.1 Å². The number of nitrogens with one attached hydrogen (secondary N) is 1. The van der Waals surface area contributed by atoms with E-state index in [1.165, 1.54) is 25.1 Å². The van der Waals surface area contributed by atoms with E-state index in [-0.39, 0.29) is 11.5 Å². The summed E-state index contributed by atoms with van der Waals surface area (Å²) in [5, 5.41) is 2.86. The Bertz CT molecular complexity index is 438. The van der Waals surface area contributed by atoms with Crippen molar-refractivity contribution in [1.82, 2.24) is 10.3 Å². The average molecular weight is 265 g/mol. The molecule has 1 amide bonds. The van der Waals surface area contributed by atoms with E-state index in [2.05, 4.69) is 10.3 Å². The second-order valence-corrected chi connectivity index (χ2v) is 5.14. The second kappa shape index (κ2) is 6.61. The van der Waals surface area contributed by atoms with Crippen molar-refractivity contribution in [2.75, 3.05) is 13.1 Å². The Kier molecular flexibility index (Phi) is 4.85. The summed E-state index contributed by atoms with van der Waals surface area (Å²) in [6.45, 7) is 1.28. The molecule has 1 aliphatic rings. The summed E-state index contributed by atoms with van der Waals surface area (Å²) >= 11 is 0. The number of aromatic nitrogens is 1. The monoisotopic (exact) mass is 265 g/mol. The third kappa shape index (κ3) is 3.73. The molecule has 1 aromatic rings. The molecule has 1 aromatic heterocycles. The van der Waals surface area contributed by atoms with Crippen molar-refractivity contribution >= 4 is 5.91 Å². The second-order valence-electron chi connectivity index (χ2n) is 5.14. The van der Waals surface area contributed by atoms with Gasteiger partial charge in [-0.25, -0.2) is 4.39 Å². The van der Waals surface area contributed by atoms with Gasteiger partial charge in [-0.05, 0) is 37.3 Å². The number of pyridine rings is 1. The van der Waals surface area contributed by atoms with Crippen LogP contribution in [0, 0.1) is 17.7 Å². The minimum Gasteiger partial charge on any atom is -0.352 e. The molecular weight excluding hydrogens is 245 g/mol. The molecule has 2 unspecified atom stereocenters. The molecule has 0 aromatic carbocycles. The fraction of sp³-hybridized carbons (Fsp3) is 0.571. The molecule has 1 heterocycles. The molecule has 19 heavy (non-hydrogen) atoms. The van der Waals surface area contributed by atoms with Crippen LogP contribution in [0.5, 0.6) is 0 Å². The lowest BCUT2D eigenvalue weighted by Crippen LogP contribution is -2.37. The van der Waals surface area contributed by atoms with Gasteiger partial charge in [0.15, 0.2) is 0 Å². The normalized spacial score (nSPS) is 23.1. The van der Waals surface area contributed by atoms with Gasteiger partial charge in [-0.3, -0.25) is 9.78 Å². The Morgan fingerprint density at radius 2 is 2.11 bits per heavy atom. The van der Waals surface area contributed by atoms with Crippen molar-refractivity contribution < 1.29 is 9.18 Å². The summed E-state index contributed by atoms with van der Waals surface area (Å²) in [6, 6.07) is 1.20. The highest BCUT2D eigenvalue weighted by Crippen LogP contribution is 2.28. The standard InChI is InChI=1S/C14H20FN3O/c15-13-5-12(7-17-9-13)14(19)18-8-11-4-2-1-3-10(11)6-16/h5,7,9-11H,1-4,6,8,16H2,(H,18,19). The van der Waals surface area contributed by atoms with Gasteiger partial charge in [-0.1, -0.05) is 12.8 Å². The third-order valence-corrected chi connectivity index (χ3v) is 3.86. The maximum absolute atomic E-state index is 13.0. The van der Waals surface area contributed by atoms with Crippen molar-refractivity contribution in [3.63, 3.8) is 0 Å². The highest BCUT2D eigenvalue weighted by atomic mass is 19.1. The van der Waals surface area contributed by atoms with Gasteiger partial charge < -0.3 is 11.1 Å². The van der Waals surface area contributed by atoms with Gasteiger partial charge in [0.25, 0.3) is 5.91 Å². The smallest absolute Gasteiger partial charge is 0.252 e. The predicted molar refractivity (Wildman–Crippen MR) is 71.0 cm³/mol. The Labute approximate surface area is 112 Å². The molecule has 0 bridgehead atoms. The van der Waals surface area contributed by atoms with Crippen molar-refractivity contribution in [3.8, 4) is 0 Å². The molecule has 0 aliphatic heterocycles. The molecule has 104 valence electrons. The molecule has 5 heteroatoms. The van der Waals surface area contributed by atoms with Crippen LogP contribution in [0.15, 0.2) is 18.5 Å². The Morgan fingerprint density at radius 3 is 2.79 bits per heavy atom. The number of hydrogen-bond acceptors (Lipinski definition) is 3. The molecule has 1 saturated carbocycles. The fourth-order valence-electron chi connectivity index (χ4n) is 2.73. The molecule has 4 nitrogen and oxygen atoms in total. The van der Waals surface area contributed by atoms with E-state index in [0.29, 0.717) is 24.9 Å². The van der Waals surface area contributed by atoms with Gasteiger partial charge in [0.1, 0.15) is 5.82 Å².